The number of aryl methyl sites for hydroxylation is 1. The fourth-order valence-electron chi connectivity index (χ4n) is 4.06. The number of ether oxygens (including phenoxy) is 1. The molecule has 26 heavy (non-hydrogen) atoms. The molecule has 3 heterocycles. The van der Waals surface area contributed by atoms with Crippen LogP contribution in [-0.4, -0.2) is 81.9 Å². The lowest BCUT2D eigenvalue weighted by atomic mass is 10.0. The van der Waals surface area contributed by atoms with Crippen molar-refractivity contribution in [3.8, 4) is 0 Å². The first kappa shape index (κ1) is 17.5. The fourth-order valence-corrected chi connectivity index (χ4v) is 4.06. The maximum Gasteiger partial charge on any atom is 0.253 e. The number of rotatable bonds is 2. The number of aliphatic hydroxyl groups is 1. The molecule has 0 spiro atoms. The highest BCUT2D eigenvalue weighted by atomic mass is 16.5. The van der Waals surface area contributed by atoms with Gasteiger partial charge in [-0.2, -0.15) is 0 Å². The Morgan fingerprint density at radius 3 is 2.77 bits per heavy atom. The molecule has 2 saturated heterocycles. The highest BCUT2D eigenvalue weighted by molar-refractivity contribution is 5.97. The van der Waals surface area contributed by atoms with Crippen LogP contribution in [-0.2, 0) is 11.8 Å². The molecule has 0 aliphatic carbocycles. The van der Waals surface area contributed by atoms with Gasteiger partial charge in [-0.25, -0.2) is 4.98 Å². The summed E-state index contributed by atoms with van der Waals surface area (Å²) in [5.41, 5.74) is 2.51. The van der Waals surface area contributed by atoms with Crippen LogP contribution in [0.15, 0.2) is 24.5 Å². The van der Waals surface area contributed by atoms with Crippen molar-refractivity contribution in [2.45, 2.75) is 25.0 Å². The van der Waals surface area contributed by atoms with Gasteiger partial charge < -0.3 is 19.3 Å². The maximum atomic E-state index is 13.0. The van der Waals surface area contributed by atoms with E-state index >= 15 is 0 Å². The number of aromatic nitrogens is 2. The number of hydrogen-bond acceptors (Lipinski definition) is 5. The van der Waals surface area contributed by atoms with Gasteiger partial charge in [0.1, 0.15) is 0 Å². The minimum atomic E-state index is -0.399. The summed E-state index contributed by atoms with van der Waals surface area (Å²) < 4.78 is 7.36. The van der Waals surface area contributed by atoms with Crippen LogP contribution in [0.1, 0.15) is 23.2 Å². The molecule has 140 valence electrons. The number of benzene rings is 1. The Labute approximate surface area is 153 Å². The molecule has 0 bridgehead atoms. The maximum absolute atomic E-state index is 13.0. The Balaban J connectivity index is 1.47. The van der Waals surface area contributed by atoms with Gasteiger partial charge in [-0.15, -0.1) is 0 Å². The number of carbonyl (C=O) groups is 1. The summed E-state index contributed by atoms with van der Waals surface area (Å²) in [5.74, 6) is 0.0207. The van der Waals surface area contributed by atoms with Crippen molar-refractivity contribution < 1.29 is 14.6 Å². The Bertz CT molecular complexity index is 784. The van der Waals surface area contributed by atoms with Crippen LogP contribution in [0.4, 0.5) is 0 Å². The molecule has 2 aliphatic rings. The minimum absolute atomic E-state index is 0.0207. The lowest BCUT2D eigenvalue weighted by Gasteiger charge is -2.36. The van der Waals surface area contributed by atoms with Gasteiger partial charge in [-0.1, -0.05) is 0 Å². The van der Waals surface area contributed by atoms with Gasteiger partial charge in [0.25, 0.3) is 5.91 Å². The number of fused-ring (bicyclic) bond motifs is 1. The molecule has 7 nitrogen and oxygen atoms in total. The quantitative estimate of drug-likeness (QED) is 0.863. The van der Waals surface area contributed by atoms with Crippen LogP contribution < -0.4 is 0 Å². The van der Waals surface area contributed by atoms with Crippen LogP contribution in [0.2, 0.25) is 0 Å². The zero-order chi connectivity index (χ0) is 18.1. The van der Waals surface area contributed by atoms with Crippen molar-refractivity contribution in [2.75, 3.05) is 39.4 Å². The molecule has 0 radical (unpaired) electrons. The summed E-state index contributed by atoms with van der Waals surface area (Å²) in [6.45, 7) is 4.39. The number of aliphatic hydroxyl groups excluding tert-OH is 1. The SMILES string of the molecule is Cn1cnc2cc(C(=O)N3CC[C@H](O)[C@@H](N4CCOCC4)CC3)ccc21. The highest BCUT2D eigenvalue weighted by Crippen LogP contribution is 2.21. The van der Waals surface area contributed by atoms with E-state index in [9.17, 15) is 9.90 Å². The summed E-state index contributed by atoms with van der Waals surface area (Å²) in [6.07, 6.45) is 2.76. The van der Waals surface area contributed by atoms with Crippen molar-refractivity contribution in [1.82, 2.24) is 19.4 Å². The van der Waals surface area contributed by atoms with Gasteiger partial charge in [0.2, 0.25) is 0 Å². The van der Waals surface area contributed by atoms with Gasteiger partial charge in [-0.3, -0.25) is 9.69 Å². The van der Waals surface area contributed by atoms with Crippen LogP contribution >= 0.6 is 0 Å². The van der Waals surface area contributed by atoms with E-state index in [0.29, 0.717) is 25.1 Å². The molecule has 1 aromatic heterocycles. The second-order valence-corrected chi connectivity index (χ2v) is 7.21. The predicted molar refractivity (Wildman–Crippen MR) is 98.0 cm³/mol. The average Bonchev–Trinajstić information content (AvgIpc) is 2.93. The average molecular weight is 358 g/mol. The number of carbonyl (C=O) groups excluding carboxylic acids is 1. The second kappa shape index (κ2) is 7.34. The second-order valence-electron chi connectivity index (χ2n) is 7.21. The Kier molecular flexibility index (Phi) is 4.93. The van der Waals surface area contributed by atoms with E-state index in [0.717, 1.165) is 43.8 Å². The first-order valence-corrected chi connectivity index (χ1v) is 9.34. The molecule has 2 atom stereocenters. The Morgan fingerprint density at radius 2 is 1.96 bits per heavy atom. The van der Waals surface area contributed by atoms with Crippen LogP contribution in [0, 0.1) is 0 Å². The van der Waals surface area contributed by atoms with Gasteiger partial charge in [0.05, 0.1) is 36.7 Å². The molecular formula is C19H26N4O3. The summed E-state index contributed by atoms with van der Waals surface area (Å²) in [7, 11) is 1.94. The summed E-state index contributed by atoms with van der Waals surface area (Å²) in [4.78, 5) is 21.5. The molecule has 2 aromatic rings. The zero-order valence-electron chi connectivity index (χ0n) is 15.2. The smallest absolute Gasteiger partial charge is 0.253 e. The van der Waals surface area contributed by atoms with Crippen molar-refractivity contribution in [2.24, 2.45) is 7.05 Å². The van der Waals surface area contributed by atoms with Gasteiger partial charge >= 0.3 is 0 Å². The number of morpholine rings is 1. The third-order valence-corrected chi connectivity index (χ3v) is 5.61. The number of amides is 1. The lowest BCUT2D eigenvalue weighted by molar-refractivity contribution is -0.0222. The normalized spacial score (nSPS) is 25.4. The number of likely N-dealkylation sites (tertiary alicyclic amines) is 1. The molecule has 1 amide bonds. The summed E-state index contributed by atoms with van der Waals surface area (Å²) in [6, 6.07) is 5.78. The van der Waals surface area contributed by atoms with Crippen molar-refractivity contribution in [3.63, 3.8) is 0 Å². The van der Waals surface area contributed by atoms with E-state index < -0.39 is 6.10 Å². The molecule has 1 aromatic carbocycles. The van der Waals surface area contributed by atoms with Crippen molar-refractivity contribution in [3.05, 3.63) is 30.1 Å². The first-order valence-electron chi connectivity index (χ1n) is 9.34. The van der Waals surface area contributed by atoms with E-state index in [4.69, 9.17) is 4.74 Å². The van der Waals surface area contributed by atoms with Gasteiger partial charge in [-0.05, 0) is 31.0 Å². The summed E-state index contributed by atoms with van der Waals surface area (Å²) >= 11 is 0. The van der Waals surface area contributed by atoms with Crippen LogP contribution in [0.25, 0.3) is 11.0 Å². The number of hydrogen-bond donors (Lipinski definition) is 1. The highest BCUT2D eigenvalue weighted by Gasteiger charge is 2.32. The van der Waals surface area contributed by atoms with Crippen molar-refractivity contribution >= 4 is 16.9 Å². The molecular weight excluding hydrogens is 332 g/mol. The van der Waals surface area contributed by atoms with Crippen molar-refractivity contribution in [1.29, 1.82) is 0 Å². The third kappa shape index (κ3) is 3.34. The van der Waals surface area contributed by atoms with Gasteiger partial charge in [0.15, 0.2) is 0 Å². The molecule has 2 aliphatic heterocycles. The largest absolute Gasteiger partial charge is 0.391 e. The minimum Gasteiger partial charge on any atom is -0.391 e. The zero-order valence-corrected chi connectivity index (χ0v) is 15.2. The van der Waals surface area contributed by atoms with E-state index in [1.54, 1.807) is 6.33 Å². The van der Waals surface area contributed by atoms with E-state index in [1.807, 2.05) is 34.7 Å². The molecule has 0 saturated carbocycles. The molecule has 0 unspecified atom stereocenters. The predicted octanol–water partition coefficient (Wildman–Crippen LogP) is 0.871. The monoisotopic (exact) mass is 358 g/mol. The van der Waals surface area contributed by atoms with Gasteiger partial charge in [0, 0.05) is 44.8 Å². The molecule has 1 N–H and O–H groups in total. The summed E-state index contributed by atoms with van der Waals surface area (Å²) in [5, 5.41) is 10.6. The Morgan fingerprint density at radius 1 is 1.19 bits per heavy atom. The Hall–Kier alpha value is -1.96. The van der Waals surface area contributed by atoms with Crippen LogP contribution in [0.5, 0.6) is 0 Å². The van der Waals surface area contributed by atoms with E-state index in [2.05, 4.69) is 9.88 Å². The number of imidazole rings is 1. The standard InChI is InChI=1S/C19H26N4O3/c1-21-13-20-15-12-14(2-3-16(15)21)19(25)23-6-4-17(18(24)5-7-23)22-8-10-26-11-9-22/h2-3,12-13,17-18,24H,4-11H2,1H3/t17-,18-/m0/s1. The lowest BCUT2D eigenvalue weighted by Crippen LogP contribution is -2.49. The molecule has 2 fully saturated rings. The number of nitrogens with zero attached hydrogens (tertiary/aromatic N) is 4. The fraction of sp³-hybridized carbons (Fsp3) is 0.579. The third-order valence-electron chi connectivity index (χ3n) is 5.61. The van der Waals surface area contributed by atoms with E-state index in [-0.39, 0.29) is 11.9 Å². The molecule has 4 rings (SSSR count). The van der Waals surface area contributed by atoms with Crippen LogP contribution in [0.3, 0.4) is 0 Å². The first-order chi connectivity index (χ1) is 12.6. The molecule has 7 heteroatoms. The topological polar surface area (TPSA) is 70.8 Å². The van der Waals surface area contributed by atoms with E-state index in [1.165, 1.54) is 0 Å².